The SMILES string of the molecule is COc1cc(C2N(Cc3ccco3)C(=O)c3ccccc3N2C)c(Br)cc1O. The summed E-state index contributed by atoms with van der Waals surface area (Å²) >= 11 is 3.54. The Hall–Kier alpha value is -2.93. The molecule has 1 aliphatic heterocycles. The molecule has 1 aromatic heterocycles. The largest absolute Gasteiger partial charge is 0.504 e. The first-order valence-electron chi connectivity index (χ1n) is 8.73. The van der Waals surface area contributed by atoms with E-state index in [1.54, 1.807) is 29.4 Å². The standard InChI is InChI=1S/C21H19BrN2O4/c1-23-17-8-4-3-7-14(17)21(26)24(12-13-6-5-9-28-13)20(23)15-10-19(27-2)18(25)11-16(15)22/h3-11,20,25H,12H2,1-2H3. The lowest BCUT2D eigenvalue weighted by atomic mass is 10.0. The third-order valence-corrected chi connectivity index (χ3v) is 5.61. The molecule has 0 bridgehead atoms. The van der Waals surface area contributed by atoms with Crippen LogP contribution < -0.4 is 9.64 Å². The summed E-state index contributed by atoms with van der Waals surface area (Å²) in [7, 11) is 3.44. The lowest BCUT2D eigenvalue weighted by molar-refractivity contribution is 0.0618. The molecule has 1 amide bonds. The highest BCUT2D eigenvalue weighted by atomic mass is 79.9. The highest BCUT2D eigenvalue weighted by Crippen LogP contribution is 2.43. The third kappa shape index (κ3) is 3.01. The van der Waals surface area contributed by atoms with Crippen molar-refractivity contribution in [3.63, 3.8) is 0 Å². The molecular formula is C21H19BrN2O4. The zero-order valence-electron chi connectivity index (χ0n) is 15.4. The predicted octanol–water partition coefficient (Wildman–Crippen LogP) is 4.55. The van der Waals surface area contributed by atoms with Crippen LogP contribution in [0.1, 0.15) is 27.8 Å². The van der Waals surface area contributed by atoms with Gasteiger partial charge < -0.3 is 24.1 Å². The number of phenolic OH excluding ortho intramolecular Hbond substituents is 1. The number of benzene rings is 2. The van der Waals surface area contributed by atoms with Gasteiger partial charge in [-0.2, -0.15) is 0 Å². The average Bonchev–Trinajstić information content (AvgIpc) is 3.20. The normalized spacial score (nSPS) is 16.2. The van der Waals surface area contributed by atoms with Crippen molar-refractivity contribution in [2.24, 2.45) is 0 Å². The lowest BCUT2D eigenvalue weighted by Gasteiger charge is -2.44. The van der Waals surface area contributed by atoms with E-state index in [0.717, 1.165) is 11.3 Å². The van der Waals surface area contributed by atoms with Gasteiger partial charge in [0.05, 0.1) is 31.2 Å². The summed E-state index contributed by atoms with van der Waals surface area (Å²) in [5.74, 6) is 0.971. The first-order valence-corrected chi connectivity index (χ1v) is 9.52. The Labute approximate surface area is 171 Å². The van der Waals surface area contributed by atoms with Crippen molar-refractivity contribution in [3.8, 4) is 11.5 Å². The van der Waals surface area contributed by atoms with E-state index in [4.69, 9.17) is 9.15 Å². The summed E-state index contributed by atoms with van der Waals surface area (Å²) in [6.07, 6.45) is 1.17. The monoisotopic (exact) mass is 442 g/mol. The molecular weight excluding hydrogens is 424 g/mol. The van der Waals surface area contributed by atoms with Crippen LogP contribution in [-0.2, 0) is 6.54 Å². The highest BCUT2D eigenvalue weighted by Gasteiger charge is 2.38. The molecule has 1 aliphatic rings. The first-order chi connectivity index (χ1) is 13.5. The molecule has 1 unspecified atom stereocenters. The van der Waals surface area contributed by atoms with Crippen molar-refractivity contribution in [1.29, 1.82) is 0 Å². The van der Waals surface area contributed by atoms with E-state index in [1.165, 1.54) is 7.11 Å². The number of carbonyl (C=O) groups is 1. The minimum absolute atomic E-state index is 0.0286. The number of fused-ring (bicyclic) bond motifs is 1. The number of carbonyl (C=O) groups excluding carboxylic acids is 1. The van der Waals surface area contributed by atoms with Crippen LogP contribution in [0, 0.1) is 0 Å². The molecule has 0 radical (unpaired) electrons. The van der Waals surface area contributed by atoms with E-state index in [9.17, 15) is 9.90 Å². The topological polar surface area (TPSA) is 66.2 Å². The van der Waals surface area contributed by atoms with Gasteiger partial charge in [-0.15, -0.1) is 0 Å². The number of aromatic hydroxyl groups is 1. The second-order valence-electron chi connectivity index (χ2n) is 6.56. The Bertz CT molecular complexity index is 1020. The number of anilines is 1. The first kappa shape index (κ1) is 18.4. The molecule has 4 rings (SSSR count). The summed E-state index contributed by atoms with van der Waals surface area (Å²) < 4.78 is 11.5. The molecule has 6 nitrogen and oxygen atoms in total. The van der Waals surface area contributed by atoms with Crippen LogP contribution >= 0.6 is 15.9 Å². The van der Waals surface area contributed by atoms with E-state index in [-0.39, 0.29) is 11.7 Å². The molecule has 2 heterocycles. The minimum atomic E-state index is -0.420. The highest BCUT2D eigenvalue weighted by molar-refractivity contribution is 9.10. The van der Waals surface area contributed by atoms with Crippen LogP contribution in [0.3, 0.4) is 0 Å². The smallest absolute Gasteiger partial charge is 0.258 e. The van der Waals surface area contributed by atoms with Crippen molar-refractivity contribution in [1.82, 2.24) is 4.90 Å². The molecule has 1 atom stereocenters. The van der Waals surface area contributed by atoms with Crippen molar-refractivity contribution < 1.29 is 19.1 Å². The van der Waals surface area contributed by atoms with E-state index in [0.29, 0.717) is 28.1 Å². The van der Waals surface area contributed by atoms with Gasteiger partial charge in [0, 0.05) is 17.1 Å². The van der Waals surface area contributed by atoms with Gasteiger partial charge >= 0.3 is 0 Å². The van der Waals surface area contributed by atoms with Crippen molar-refractivity contribution in [2.75, 3.05) is 19.1 Å². The molecule has 0 spiro atoms. The number of phenols is 1. The van der Waals surface area contributed by atoms with Crippen molar-refractivity contribution >= 4 is 27.5 Å². The molecule has 3 aromatic rings. The number of halogens is 1. The molecule has 0 saturated heterocycles. The molecule has 1 N–H and O–H groups in total. The lowest BCUT2D eigenvalue weighted by Crippen LogP contribution is -2.47. The molecule has 0 aliphatic carbocycles. The number of furan rings is 1. The summed E-state index contributed by atoms with van der Waals surface area (Å²) in [5, 5.41) is 10.1. The number of para-hydroxylation sites is 1. The Morgan fingerprint density at radius 2 is 2.00 bits per heavy atom. The number of methoxy groups -OCH3 is 1. The molecule has 28 heavy (non-hydrogen) atoms. The summed E-state index contributed by atoms with van der Waals surface area (Å²) in [6, 6.07) is 14.5. The van der Waals surface area contributed by atoms with Gasteiger partial charge in [0.1, 0.15) is 11.9 Å². The second kappa shape index (κ2) is 7.24. The number of amides is 1. The second-order valence-corrected chi connectivity index (χ2v) is 7.41. The van der Waals surface area contributed by atoms with E-state index in [1.807, 2.05) is 42.3 Å². The Morgan fingerprint density at radius 3 is 2.71 bits per heavy atom. The average molecular weight is 443 g/mol. The quantitative estimate of drug-likeness (QED) is 0.641. The molecule has 0 saturated carbocycles. The third-order valence-electron chi connectivity index (χ3n) is 4.92. The maximum absolute atomic E-state index is 13.4. The summed E-state index contributed by atoms with van der Waals surface area (Å²) in [5.41, 5.74) is 2.27. The van der Waals surface area contributed by atoms with Gasteiger partial charge in [-0.25, -0.2) is 0 Å². The molecule has 0 fully saturated rings. The minimum Gasteiger partial charge on any atom is -0.504 e. The van der Waals surface area contributed by atoms with Crippen LogP contribution in [0.25, 0.3) is 0 Å². The zero-order valence-corrected chi connectivity index (χ0v) is 17.0. The van der Waals surface area contributed by atoms with Gasteiger partial charge in [-0.3, -0.25) is 4.79 Å². The van der Waals surface area contributed by atoms with Crippen LogP contribution in [0.15, 0.2) is 63.7 Å². The number of rotatable bonds is 4. The van der Waals surface area contributed by atoms with Gasteiger partial charge in [0.2, 0.25) is 0 Å². The number of nitrogens with zero attached hydrogens (tertiary/aromatic N) is 2. The molecule has 144 valence electrons. The van der Waals surface area contributed by atoms with Gasteiger partial charge in [0.25, 0.3) is 5.91 Å². The Balaban J connectivity index is 1.88. The summed E-state index contributed by atoms with van der Waals surface area (Å²) in [6.45, 7) is 0.310. The van der Waals surface area contributed by atoms with E-state index < -0.39 is 6.17 Å². The van der Waals surface area contributed by atoms with E-state index >= 15 is 0 Å². The Morgan fingerprint density at radius 1 is 1.21 bits per heavy atom. The fraction of sp³-hybridized carbons (Fsp3) is 0.190. The number of ether oxygens (including phenoxy) is 1. The van der Waals surface area contributed by atoms with Crippen molar-refractivity contribution in [2.45, 2.75) is 12.7 Å². The van der Waals surface area contributed by atoms with Crippen LogP contribution in [0.2, 0.25) is 0 Å². The van der Waals surface area contributed by atoms with Crippen LogP contribution in [0.4, 0.5) is 5.69 Å². The number of hydrogen-bond acceptors (Lipinski definition) is 5. The fourth-order valence-corrected chi connectivity index (χ4v) is 4.13. The fourth-order valence-electron chi connectivity index (χ4n) is 3.59. The van der Waals surface area contributed by atoms with Crippen LogP contribution in [-0.4, -0.2) is 30.1 Å². The maximum atomic E-state index is 13.4. The molecule has 2 aromatic carbocycles. The molecule has 7 heteroatoms. The van der Waals surface area contributed by atoms with Crippen LogP contribution in [0.5, 0.6) is 11.5 Å². The van der Waals surface area contributed by atoms with Gasteiger partial charge in [-0.05, 0) is 36.4 Å². The zero-order chi connectivity index (χ0) is 19.8. The predicted molar refractivity (Wildman–Crippen MR) is 109 cm³/mol. The van der Waals surface area contributed by atoms with Gasteiger partial charge in [0.15, 0.2) is 11.5 Å². The Kier molecular flexibility index (Phi) is 4.77. The van der Waals surface area contributed by atoms with Gasteiger partial charge in [-0.1, -0.05) is 28.1 Å². The van der Waals surface area contributed by atoms with E-state index in [2.05, 4.69) is 15.9 Å². The van der Waals surface area contributed by atoms with Crippen molar-refractivity contribution in [3.05, 3.63) is 76.2 Å². The maximum Gasteiger partial charge on any atom is 0.258 e. The number of hydrogen-bond donors (Lipinski definition) is 1. The summed E-state index contributed by atoms with van der Waals surface area (Å²) in [4.78, 5) is 17.2.